The van der Waals surface area contributed by atoms with Crippen molar-refractivity contribution in [1.82, 2.24) is 4.72 Å². The number of nitrogen functional groups attached to an aromatic ring is 1. The molecule has 18 heavy (non-hydrogen) atoms. The predicted octanol–water partition coefficient (Wildman–Crippen LogP) is 1.10. The molecule has 0 unspecified atom stereocenters. The van der Waals surface area contributed by atoms with Gasteiger partial charge in [-0.2, -0.15) is 0 Å². The van der Waals surface area contributed by atoms with Gasteiger partial charge in [-0.25, -0.2) is 13.1 Å². The average Bonchev–Trinajstić information content (AvgIpc) is 2.14. The van der Waals surface area contributed by atoms with Gasteiger partial charge in [0.05, 0.1) is 16.0 Å². The number of anilines is 1. The third-order valence-corrected chi connectivity index (χ3v) is 4.78. The zero-order chi connectivity index (χ0) is 14.2. The number of hydrogen-bond donors (Lipinski definition) is 3. The first-order chi connectivity index (χ1) is 7.96. The summed E-state index contributed by atoms with van der Waals surface area (Å²) in [5.41, 5.74) is 3.83. The van der Waals surface area contributed by atoms with Gasteiger partial charge < -0.3 is 10.8 Å². The highest BCUT2D eigenvalue weighted by Gasteiger charge is 2.38. The SMILES string of the molecule is CC(C)(O)C(C)(C)NS(=O)(=O)c1ccc(N)cc1. The Morgan fingerprint density at radius 2 is 1.56 bits per heavy atom. The molecule has 0 radical (unpaired) electrons. The van der Waals surface area contributed by atoms with Gasteiger partial charge in [-0.15, -0.1) is 0 Å². The van der Waals surface area contributed by atoms with Crippen molar-refractivity contribution in [2.45, 2.75) is 43.7 Å². The third-order valence-electron chi connectivity index (χ3n) is 3.11. The minimum absolute atomic E-state index is 0.119. The van der Waals surface area contributed by atoms with Gasteiger partial charge in [-0.05, 0) is 52.0 Å². The van der Waals surface area contributed by atoms with E-state index in [9.17, 15) is 13.5 Å². The van der Waals surface area contributed by atoms with E-state index in [1.807, 2.05) is 0 Å². The highest BCUT2D eigenvalue weighted by molar-refractivity contribution is 7.89. The van der Waals surface area contributed by atoms with E-state index in [1.54, 1.807) is 27.7 Å². The van der Waals surface area contributed by atoms with Crippen molar-refractivity contribution in [3.05, 3.63) is 24.3 Å². The number of aliphatic hydroxyl groups is 1. The zero-order valence-electron chi connectivity index (χ0n) is 11.1. The van der Waals surface area contributed by atoms with Crippen LogP contribution >= 0.6 is 0 Å². The van der Waals surface area contributed by atoms with Crippen LogP contribution in [0.1, 0.15) is 27.7 Å². The number of rotatable bonds is 4. The van der Waals surface area contributed by atoms with Crippen LogP contribution in [0.4, 0.5) is 5.69 Å². The summed E-state index contributed by atoms with van der Waals surface area (Å²) in [6.07, 6.45) is 0. The Balaban J connectivity index is 3.07. The smallest absolute Gasteiger partial charge is 0.241 e. The second-order valence-corrected chi connectivity index (χ2v) is 7.04. The number of sulfonamides is 1. The largest absolute Gasteiger partial charge is 0.399 e. The summed E-state index contributed by atoms with van der Waals surface area (Å²) >= 11 is 0. The Morgan fingerprint density at radius 3 is 1.94 bits per heavy atom. The molecule has 0 spiro atoms. The first kappa shape index (κ1) is 14.9. The molecule has 0 fully saturated rings. The number of nitrogens with one attached hydrogen (secondary N) is 1. The molecule has 102 valence electrons. The fourth-order valence-corrected chi connectivity index (χ4v) is 2.70. The predicted molar refractivity (Wildman–Crippen MR) is 71.6 cm³/mol. The summed E-state index contributed by atoms with van der Waals surface area (Å²) in [6.45, 7) is 6.36. The number of hydrogen-bond acceptors (Lipinski definition) is 4. The molecule has 6 heteroatoms. The van der Waals surface area contributed by atoms with Crippen LogP contribution in [-0.4, -0.2) is 24.7 Å². The van der Waals surface area contributed by atoms with Gasteiger partial charge in [0.1, 0.15) is 0 Å². The van der Waals surface area contributed by atoms with E-state index in [0.29, 0.717) is 5.69 Å². The van der Waals surface area contributed by atoms with E-state index in [-0.39, 0.29) is 4.90 Å². The summed E-state index contributed by atoms with van der Waals surface area (Å²) in [7, 11) is -3.68. The molecule has 0 atom stereocenters. The molecular weight excluding hydrogens is 252 g/mol. The van der Waals surface area contributed by atoms with Crippen molar-refractivity contribution in [3.8, 4) is 0 Å². The minimum Gasteiger partial charge on any atom is -0.399 e. The van der Waals surface area contributed by atoms with Gasteiger partial charge in [-0.1, -0.05) is 0 Å². The van der Waals surface area contributed by atoms with Crippen molar-refractivity contribution < 1.29 is 13.5 Å². The standard InChI is InChI=1S/C12H20N2O3S/c1-11(2,12(3,4)15)14-18(16,17)10-7-5-9(13)6-8-10/h5-8,14-15H,13H2,1-4H3. The van der Waals surface area contributed by atoms with Crippen LogP contribution in [0, 0.1) is 0 Å². The molecule has 0 aliphatic heterocycles. The molecule has 0 aliphatic rings. The fourth-order valence-electron chi connectivity index (χ4n) is 1.17. The van der Waals surface area contributed by atoms with Gasteiger partial charge in [-0.3, -0.25) is 0 Å². The second kappa shape index (κ2) is 4.53. The molecule has 0 saturated carbocycles. The van der Waals surface area contributed by atoms with E-state index in [1.165, 1.54) is 24.3 Å². The van der Waals surface area contributed by atoms with E-state index >= 15 is 0 Å². The van der Waals surface area contributed by atoms with Crippen LogP contribution in [0.3, 0.4) is 0 Å². The van der Waals surface area contributed by atoms with Gasteiger partial charge in [0.15, 0.2) is 0 Å². The van der Waals surface area contributed by atoms with E-state index in [4.69, 9.17) is 5.73 Å². The van der Waals surface area contributed by atoms with Crippen LogP contribution in [0.15, 0.2) is 29.2 Å². The Bertz CT molecular complexity index is 513. The highest BCUT2D eigenvalue weighted by Crippen LogP contribution is 2.23. The molecule has 1 rings (SSSR count). The quantitative estimate of drug-likeness (QED) is 0.716. The first-order valence-electron chi connectivity index (χ1n) is 5.58. The van der Waals surface area contributed by atoms with E-state index in [0.717, 1.165) is 0 Å². The molecule has 4 N–H and O–H groups in total. The molecule has 5 nitrogen and oxygen atoms in total. The lowest BCUT2D eigenvalue weighted by atomic mass is 9.87. The van der Waals surface area contributed by atoms with Crippen LogP contribution in [0.25, 0.3) is 0 Å². The maximum Gasteiger partial charge on any atom is 0.241 e. The Kier molecular flexibility index (Phi) is 3.76. The average molecular weight is 272 g/mol. The minimum atomic E-state index is -3.68. The lowest BCUT2D eigenvalue weighted by molar-refractivity contribution is 0.00639. The summed E-state index contributed by atoms with van der Waals surface area (Å²) < 4.78 is 26.8. The van der Waals surface area contributed by atoms with Crippen LogP contribution in [0.5, 0.6) is 0 Å². The highest BCUT2D eigenvalue weighted by atomic mass is 32.2. The summed E-state index contributed by atoms with van der Waals surface area (Å²) in [5, 5.41) is 9.95. The molecule has 0 amide bonds. The Morgan fingerprint density at radius 1 is 1.11 bits per heavy atom. The Hall–Kier alpha value is -1.11. The van der Waals surface area contributed by atoms with Crippen molar-refractivity contribution in [1.29, 1.82) is 0 Å². The topological polar surface area (TPSA) is 92.4 Å². The van der Waals surface area contributed by atoms with Gasteiger partial charge in [0.2, 0.25) is 10.0 Å². The maximum absolute atomic E-state index is 12.1. The van der Waals surface area contributed by atoms with Crippen LogP contribution in [-0.2, 0) is 10.0 Å². The van der Waals surface area contributed by atoms with Gasteiger partial charge in [0.25, 0.3) is 0 Å². The van der Waals surface area contributed by atoms with Crippen LogP contribution in [0.2, 0.25) is 0 Å². The van der Waals surface area contributed by atoms with Crippen LogP contribution < -0.4 is 10.5 Å². The lowest BCUT2D eigenvalue weighted by Gasteiger charge is -2.37. The third kappa shape index (κ3) is 3.22. The Labute approximate surface area is 108 Å². The number of benzene rings is 1. The molecule has 0 heterocycles. The fraction of sp³-hybridized carbons (Fsp3) is 0.500. The van der Waals surface area contributed by atoms with Gasteiger partial charge in [0, 0.05) is 5.69 Å². The number of nitrogens with two attached hydrogens (primary N) is 1. The molecule has 0 saturated heterocycles. The zero-order valence-corrected chi connectivity index (χ0v) is 11.9. The van der Waals surface area contributed by atoms with Crippen molar-refractivity contribution >= 4 is 15.7 Å². The summed E-state index contributed by atoms with van der Waals surface area (Å²) in [6, 6.07) is 5.90. The summed E-state index contributed by atoms with van der Waals surface area (Å²) in [5.74, 6) is 0. The summed E-state index contributed by atoms with van der Waals surface area (Å²) in [4.78, 5) is 0.119. The maximum atomic E-state index is 12.1. The monoisotopic (exact) mass is 272 g/mol. The lowest BCUT2D eigenvalue weighted by Crippen LogP contribution is -2.57. The van der Waals surface area contributed by atoms with Crippen molar-refractivity contribution in [2.24, 2.45) is 0 Å². The molecule has 0 aliphatic carbocycles. The molecule has 0 bridgehead atoms. The normalized spacial score (nSPS) is 13.6. The van der Waals surface area contributed by atoms with E-state index < -0.39 is 21.2 Å². The molecule has 1 aromatic rings. The van der Waals surface area contributed by atoms with Crippen molar-refractivity contribution in [2.75, 3.05) is 5.73 Å². The molecule has 1 aromatic carbocycles. The van der Waals surface area contributed by atoms with Crippen molar-refractivity contribution in [3.63, 3.8) is 0 Å². The van der Waals surface area contributed by atoms with E-state index in [2.05, 4.69) is 4.72 Å². The molecule has 0 aromatic heterocycles. The second-order valence-electron chi connectivity index (χ2n) is 5.36. The molecular formula is C12H20N2O3S. The first-order valence-corrected chi connectivity index (χ1v) is 7.06. The van der Waals surface area contributed by atoms with Gasteiger partial charge >= 0.3 is 0 Å².